The van der Waals surface area contributed by atoms with Crippen LogP contribution in [0.4, 0.5) is 5.69 Å². The first-order valence-electron chi connectivity index (χ1n) is 3.45. The molecule has 1 aromatic rings. The molecule has 0 aliphatic rings. The number of carbonyl (C=O) groups excluding carboxylic acids is 1. The standard InChI is InChI=1S/C8H10N2O2/c1-5-3-7(9)6(4-10-5)8(11)12-2/h3-4H,1-2H3,(H2,9,10). The van der Waals surface area contributed by atoms with Crippen LogP contribution < -0.4 is 5.73 Å². The molecule has 0 bridgehead atoms. The van der Waals surface area contributed by atoms with Crippen molar-refractivity contribution in [3.8, 4) is 0 Å². The Labute approximate surface area is 70.4 Å². The van der Waals surface area contributed by atoms with Crippen LogP contribution in [-0.2, 0) is 4.74 Å². The predicted octanol–water partition coefficient (Wildman–Crippen LogP) is 0.759. The molecule has 64 valence electrons. The van der Waals surface area contributed by atoms with Gasteiger partial charge in [0, 0.05) is 17.6 Å². The number of methoxy groups -OCH3 is 1. The van der Waals surface area contributed by atoms with Crippen LogP contribution in [0.5, 0.6) is 0 Å². The van der Waals surface area contributed by atoms with E-state index in [1.54, 1.807) is 13.0 Å². The molecule has 4 nitrogen and oxygen atoms in total. The maximum atomic E-state index is 11.0. The topological polar surface area (TPSA) is 65.2 Å². The molecule has 1 heterocycles. The summed E-state index contributed by atoms with van der Waals surface area (Å²) in [6, 6.07) is 1.63. The summed E-state index contributed by atoms with van der Waals surface area (Å²) in [7, 11) is 1.31. The minimum Gasteiger partial charge on any atom is -0.465 e. The van der Waals surface area contributed by atoms with Gasteiger partial charge in [-0.2, -0.15) is 0 Å². The fourth-order valence-electron chi connectivity index (χ4n) is 0.861. The first-order chi connectivity index (χ1) is 5.65. The van der Waals surface area contributed by atoms with Crippen molar-refractivity contribution in [3.63, 3.8) is 0 Å². The van der Waals surface area contributed by atoms with Crippen LogP contribution in [-0.4, -0.2) is 18.1 Å². The van der Waals surface area contributed by atoms with Crippen molar-refractivity contribution in [1.29, 1.82) is 0 Å². The van der Waals surface area contributed by atoms with Gasteiger partial charge in [-0.3, -0.25) is 4.98 Å². The van der Waals surface area contributed by atoms with E-state index < -0.39 is 5.97 Å². The number of hydrogen-bond acceptors (Lipinski definition) is 4. The highest BCUT2D eigenvalue weighted by molar-refractivity contribution is 5.94. The molecule has 0 amide bonds. The van der Waals surface area contributed by atoms with E-state index in [1.165, 1.54) is 13.3 Å². The molecule has 0 radical (unpaired) electrons. The fourth-order valence-corrected chi connectivity index (χ4v) is 0.861. The number of aromatic nitrogens is 1. The van der Waals surface area contributed by atoms with Crippen molar-refractivity contribution in [2.45, 2.75) is 6.92 Å². The Morgan fingerprint density at radius 3 is 2.83 bits per heavy atom. The number of aryl methyl sites for hydroxylation is 1. The van der Waals surface area contributed by atoms with Crippen molar-refractivity contribution in [1.82, 2.24) is 4.98 Å². The van der Waals surface area contributed by atoms with Gasteiger partial charge in [-0.25, -0.2) is 4.79 Å². The van der Waals surface area contributed by atoms with E-state index in [-0.39, 0.29) is 0 Å². The largest absolute Gasteiger partial charge is 0.465 e. The maximum Gasteiger partial charge on any atom is 0.341 e. The zero-order chi connectivity index (χ0) is 9.14. The summed E-state index contributed by atoms with van der Waals surface area (Å²) >= 11 is 0. The molecule has 0 saturated carbocycles. The molecular formula is C8H10N2O2. The predicted molar refractivity (Wildman–Crippen MR) is 44.7 cm³/mol. The lowest BCUT2D eigenvalue weighted by molar-refractivity contribution is 0.0601. The van der Waals surface area contributed by atoms with Crippen molar-refractivity contribution >= 4 is 11.7 Å². The monoisotopic (exact) mass is 166 g/mol. The van der Waals surface area contributed by atoms with Crippen LogP contribution in [0.2, 0.25) is 0 Å². The van der Waals surface area contributed by atoms with Crippen LogP contribution in [0.25, 0.3) is 0 Å². The molecule has 0 saturated heterocycles. The van der Waals surface area contributed by atoms with E-state index in [4.69, 9.17) is 5.73 Å². The van der Waals surface area contributed by atoms with Crippen LogP contribution in [0.15, 0.2) is 12.3 Å². The maximum absolute atomic E-state index is 11.0. The van der Waals surface area contributed by atoms with Gasteiger partial charge in [0.15, 0.2) is 0 Å². The molecular weight excluding hydrogens is 156 g/mol. The number of nitrogen functional groups attached to an aromatic ring is 1. The third-order valence-corrected chi connectivity index (χ3v) is 1.48. The SMILES string of the molecule is COC(=O)c1cnc(C)cc1N. The fraction of sp³-hybridized carbons (Fsp3) is 0.250. The molecule has 1 aromatic heterocycles. The van der Waals surface area contributed by atoms with Crippen LogP contribution >= 0.6 is 0 Å². The molecule has 12 heavy (non-hydrogen) atoms. The number of pyridine rings is 1. The lowest BCUT2D eigenvalue weighted by Crippen LogP contribution is -2.06. The first-order valence-corrected chi connectivity index (χ1v) is 3.45. The second-order valence-electron chi connectivity index (χ2n) is 2.40. The second-order valence-corrected chi connectivity index (χ2v) is 2.40. The van der Waals surface area contributed by atoms with Gasteiger partial charge in [-0.1, -0.05) is 0 Å². The molecule has 1 rings (SSSR count). The summed E-state index contributed by atoms with van der Waals surface area (Å²) in [4.78, 5) is 14.9. The third-order valence-electron chi connectivity index (χ3n) is 1.48. The van der Waals surface area contributed by atoms with Crippen LogP contribution in [0, 0.1) is 6.92 Å². The van der Waals surface area contributed by atoms with Crippen molar-refractivity contribution < 1.29 is 9.53 Å². The van der Waals surface area contributed by atoms with Crippen molar-refractivity contribution in [2.24, 2.45) is 0 Å². The van der Waals surface area contributed by atoms with E-state index in [0.717, 1.165) is 5.69 Å². The van der Waals surface area contributed by atoms with Gasteiger partial charge < -0.3 is 10.5 Å². The molecule has 2 N–H and O–H groups in total. The van der Waals surface area contributed by atoms with E-state index in [9.17, 15) is 4.79 Å². The summed E-state index contributed by atoms with van der Waals surface area (Å²) in [5.74, 6) is -0.458. The highest BCUT2D eigenvalue weighted by Crippen LogP contribution is 2.11. The van der Waals surface area contributed by atoms with Crippen LogP contribution in [0.3, 0.4) is 0 Å². The van der Waals surface area contributed by atoms with E-state index in [2.05, 4.69) is 9.72 Å². The minimum atomic E-state index is -0.458. The summed E-state index contributed by atoms with van der Waals surface area (Å²) in [6.45, 7) is 1.80. The van der Waals surface area contributed by atoms with Gasteiger partial charge in [-0.05, 0) is 13.0 Å². The highest BCUT2D eigenvalue weighted by atomic mass is 16.5. The Kier molecular flexibility index (Phi) is 2.28. The Morgan fingerprint density at radius 1 is 1.67 bits per heavy atom. The van der Waals surface area contributed by atoms with Crippen LogP contribution in [0.1, 0.15) is 16.1 Å². The molecule has 0 aliphatic carbocycles. The minimum absolute atomic E-state index is 0.308. The number of nitrogens with zero attached hydrogens (tertiary/aromatic N) is 1. The Balaban J connectivity index is 3.09. The lowest BCUT2D eigenvalue weighted by Gasteiger charge is -2.02. The third kappa shape index (κ3) is 1.53. The highest BCUT2D eigenvalue weighted by Gasteiger charge is 2.09. The summed E-state index contributed by atoms with van der Waals surface area (Å²) < 4.78 is 4.50. The molecule has 0 atom stereocenters. The number of esters is 1. The molecule has 0 aromatic carbocycles. The number of hydrogen-bond donors (Lipinski definition) is 1. The van der Waals surface area contributed by atoms with Gasteiger partial charge in [0.2, 0.25) is 0 Å². The molecule has 4 heteroatoms. The molecule has 0 unspecified atom stereocenters. The number of carbonyl (C=O) groups is 1. The van der Waals surface area contributed by atoms with E-state index in [1.807, 2.05) is 0 Å². The average Bonchev–Trinajstić information content (AvgIpc) is 2.03. The second kappa shape index (κ2) is 3.21. The number of rotatable bonds is 1. The first kappa shape index (κ1) is 8.52. The Hall–Kier alpha value is -1.58. The van der Waals surface area contributed by atoms with Gasteiger partial charge in [0.05, 0.1) is 7.11 Å². The van der Waals surface area contributed by atoms with E-state index >= 15 is 0 Å². The zero-order valence-electron chi connectivity index (χ0n) is 7.00. The Bertz CT molecular complexity index is 310. The summed E-state index contributed by atoms with van der Waals surface area (Å²) in [5, 5.41) is 0. The number of anilines is 1. The van der Waals surface area contributed by atoms with Gasteiger partial charge in [0.1, 0.15) is 5.56 Å². The van der Waals surface area contributed by atoms with Gasteiger partial charge in [0.25, 0.3) is 0 Å². The quantitative estimate of drug-likeness (QED) is 0.625. The van der Waals surface area contributed by atoms with Gasteiger partial charge in [-0.15, -0.1) is 0 Å². The van der Waals surface area contributed by atoms with Crippen molar-refractivity contribution in [2.75, 3.05) is 12.8 Å². The summed E-state index contributed by atoms with van der Waals surface area (Å²) in [6.07, 6.45) is 1.41. The lowest BCUT2D eigenvalue weighted by atomic mass is 10.2. The Morgan fingerprint density at radius 2 is 2.33 bits per heavy atom. The number of nitrogens with two attached hydrogens (primary N) is 1. The molecule has 0 fully saturated rings. The molecule has 0 spiro atoms. The smallest absolute Gasteiger partial charge is 0.341 e. The van der Waals surface area contributed by atoms with Gasteiger partial charge >= 0.3 is 5.97 Å². The number of ether oxygens (including phenoxy) is 1. The zero-order valence-corrected chi connectivity index (χ0v) is 7.00. The molecule has 0 aliphatic heterocycles. The average molecular weight is 166 g/mol. The summed E-state index contributed by atoms with van der Waals surface area (Å²) in [5.41, 5.74) is 7.04. The van der Waals surface area contributed by atoms with Crippen molar-refractivity contribution in [3.05, 3.63) is 23.5 Å². The van der Waals surface area contributed by atoms with E-state index in [0.29, 0.717) is 11.3 Å². The normalized spacial score (nSPS) is 9.50.